The van der Waals surface area contributed by atoms with Crippen LogP contribution in [0.25, 0.3) is 11.4 Å². The topological polar surface area (TPSA) is 71.7 Å². The number of hydrogen-bond donors (Lipinski definition) is 0. The van der Waals surface area contributed by atoms with Crippen LogP contribution in [0.3, 0.4) is 0 Å². The lowest BCUT2D eigenvalue weighted by Crippen LogP contribution is -2.33. The Labute approximate surface area is 189 Å². The number of nitrogens with zero attached hydrogens (tertiary/aromatic N) is 4. The third-order valence-electron chi connectivity index (χ3n) is 5.86. The van der Waals surface area contributed by atoms with E-state index in [1.165, 1.54) is 18.4 Å². The molecule has 168 valence electrons. The molecule has 0 bridgehead atoms. The third kappa shape index (κ3) is 5.34. The van der Waals surface area contributed by atoms with Crippen molar-refractivity contribution in [3.8, 4) is 17.1 Å². The summed E-state index contributed by atoms with van der Waals surface area (Å²) in [5.41, 5.74) is 2.68. The molecule has 1 fully saturated rings. The molecule has 1 saturated heterocycles. The molecule has 3 aromatic rings. The zero-order valence-corrected chi connectivity index (χ0v) is 19.0. The number of carbonyl (C=O) groups excluding carboxylic acids is 1. The number of rotatable bonds is 7. The van der Waals surface area contributed by atoms with Crippen LogP contribution < -0.4 is 4.74 Å². The molecule has 1 aliphatic heterocycles. The highest BCUT2D eigenvalue weighted by Crippen LogP contribution is 2.22. The van der Waals surface area contributed by atoms with Gasteiger partial charge in [0.1, 0.15) is 5.75 Å². The molecule has 7 heteroatoms. The number of methoxy groups -OCH3 is 1. The summed E-state index contributed by atoms with van der Waals surface area (Å²) in [6.07, 6.45) is 2.58. The van der Waals surface area contributed by atoms with Gasteiger partial charge in [0, 0.05) is 31.3 Å². The Balaban J connectivity index is 1.36. The summed E-state index contributed by atoms with van der Waals surface area (Å²) in [6, 6.07) is 15.4. The van der Waals surface area contributed by atoms with Gasteiger partial charge in [-0.1, -0.05) is 36.3 Å². The Hall–Kier alpha value is -3.19. The average Bonchev–Trinajstić information content (AvgIpc) is 3.27. The summed E-state index contributed by atoms with van der Waals surface area (Å²) in [5.74, 6) is 2.25. The van der Waals surface area contributed by atoms with Gasteiger partial charge >= 0.3 is 0 Å². The van der Waals surface area contributed by atoms with Crippen molar-refractivity contribution in [2.75, 3.05) is 27.2 Å². The van der Waals surface area contributed by atoms with E-state index in [1.807, 2.05) is 48.5 Å². The van der Waals surface area contributed by atoms with Crippen LogP contribution in [0.1, 0.15) is 41.6 Å². The standard InChI is InChI=1S/C25H30N4O3/c1-18-6-5-13-29(15-18)16-19-9-11-20(12-10-19)25(30)28(2)17-23-26-24(27-32-23)21-7-4-8-22(14-21)31-3/h4,7-12,14,18H,5-6,13,15-17H2,1-3H3/t18-/m0/s1. The quantitative estimate of drug-likeness (QED) is 0.554. The number of ether oxygens (including phenoxy) is 1. The first-order chi connectivity index (χ1) is 15.5. The second kappa shape index (κ2) is 9.96. The van der Waals surface area contributed by atoms with Gasteiger partial charge in [-0.25, -0.2) is 0 Å². The van der Waals surface area contributed by atoms with Gasteiger partial charge in [-0.3, -0.25) is 9.69 Å². The third-order valence-corrected chi connectivity index (χ3v) is 5.86. The first-order valence-electron chi connectivity index (χ1n) is 11.1. The zero-order chi connectivity index (χ0) is 22.5. The second-order valence-electron chi connectivity index (χ2n) is 8.58. The molecule has 0 unspecified atom stereocenters. The van der Waals surface area contributed by atoms with E-state index < -0.39 is 0 Å². The fourth-order valence-electron chi connectivity index (χ4n) is 4.13. The largest absolute Gasteiger partial charge is 0.497 e. The minimum Gasteiger partial charge on any atom is -0.497 e. The van der Waals surface area contributed by atoms with Crippen molar-refractivity contribution in [2.45, 2.75) is 32.9 Å². The Kier molecular flexibility index (Phi) is 6.85. The Morgan fingerprint density at radius 1 is 1.25 bits per heavy atom. The van der Waals surface area contributed by atoms with E-state index in [1.54, 1.807) is 19.1 Å². The lowest BCUT2D eigenvalue weighted by molar-refractivity contribution is 0.0769. The van der Waals surface area contributed by atoms with E-state index in [4.69, 9.17) is 9.26 Å². The van der Waals surface area contributed by atoms with Crippen LogP contribution >= 0.6 is 0 Å². The zero-order valence-electron chi connectivity index (χ0n) is 19.0. The highest BCUT2D eigenvalue weighted by Gasteiger charge is 2.18. The summed E-state index contributed by atoms with van der Waals surface area (Å²) < 4.78 is 10.6. The summed E-state index contributed by atoms with van der Waals surface area (Å²) in [5, 5.41) is 4.04. The van der Waals surface area contributed by atoms with Crippen LogP contribution in [0.2, 0.25) is 0 Å². The predicted octanol–water partition coefficient (Wildman–Crippen LogP) is 4.25. The van der Waals surface area contributed by atoms with Crippen LogP contribution in [0.15, 0.2) is 53.1 Å². The number of piperidine rings is 1. The maximum Gasteiger partial charge on any atom is 0.254 e. The first-order valence-corrected chi connectivity index (χ1v) is 11.1. The van der Waals surface area contributed by atoms with Gasteiger partial charge in [-0.05, 0) is 55.1 Å². The molecule has 2 aromatic carbocycles. The lowest BCUT2D eigenvalue weighted by Gasteiger charge is -2.30. The molecule has 2 heterocycles. The summed E-state index contributed by atoms with van der Waals surface area (Å²) >= 11 is 0. The number of hydrogen-bond acceptors (Lipinski definition) is 6. The van der Waals surface area contributed by atoms with Crippen molar-refractivity contribution in [1.29, 1.82) is 0 Å². The Morgan fingerprint density at radius 3 is 2.81 bits per heavy atom. The number of carbonyl (C=O) groups is 1. The average molecular weight is 435 g/mol. The number of benzene rings is 2. The van der Waals surface area contributed by atoms with Gasteiger partial charge in [0.25, 0.3) is 5.91 Å². The van der Waals surface area contributed by atoms with Crippen molar-refractivity contribution in [3.63, 3.8) is 0 Å². The van der Waals surface area contributed by atoms with Gasteiger partial charge in [0.2, 0.25) is 11.7 Å². The maximum absolute atomic E-state index is 12.9. The van der Waals surface area contributed by atoms with E-state index in [9.17, 15) is 4.79 Å². The first kappa shape index (κ1) is 22.0. The highest BCUT2D eigenvalue weighted by molar-refractivity contribution is 5.94. The van der Waals surface area contributed by atoms with Gasteiger partial charge < -0.3 is 14.2 Å². The van der Waals surface area contributed by atoms with Crippen molar-refractivity contribution >= 4 is 5.91 Å². The van der Waals surface area contributed by atoms with Crippen molar-refractivity contribution < 1.29 is 14.1 Å². The molecule has 0 spiro atoms. The molecule has 32 heavy (non-hydrogen) atoms. The molecule has 1 amide bonds. The van der Waals surface area contributed by atoms with Crippen molar-refractivity contribution in [2.24, 2.45) is 5.92 Å². The molecule has 1 atom stereocenters. The number of amides is 1. The van der Waals surface area contributed by atoms with Gasteiger partial charge in [-0.15, -0.1) is 0 Å². The Morgan fingerprint density at radius 2 is 2.06 bits per heavy atom. The normalized spacial score (nSPS) is 16.7. The highest BCUT2D eigenvalue weighted by atomic mass is 16.5. The molecule has 0 aliphatic carbocycles. The van der Waals surface area contributed by atoms with Crippen molar-refractivity contribution in [1.82, 2.24) is 19.9 Å². The fraction of sp³-hybridized carbons (Fsp3) is 0.400. The SMILES string of the molecule is COc1cccc(-c2noc(CN(C)C(=O)c3ccc(CN4CCC[C@H](C)C4)cc3)n2)c1. The van der Waals surface area contributed by atoms with E-state index in [0.29, 0.717) is 17.3 Å². The molecule has 1 aliphatic rings. The molecule has 0 saturated carbocycles. The van der Waals surface area contributed by atoms with E-state index in [2.05, 4.69) is 22.0 Å². The summed E-state index contributed by atoms with van der Waals surface area (Å²) in [6.45, 7) is 5.78. The minimum absolute atomic E-state index is 0.0794. The van der Waals surface area contributed by atoms with Gasteiger partial charge in [-0.2, -0.15) is 4.98 Å². The van der Waals surface area contributed by atoms with Crippen LogP contribution in [0, 0.1) is 5.92 Å². The lowest BCUT2D eigenvalue weighted by atomic mass is 9.99. The van der Waals surface area contributed by atoms with Gasteiger partial charge in [0.15, 0.2) is 0 Å². The molecule has 0 radical (unpaired) electrons. The number of likely N-dealkylation sites (tertiary alicyclic amines) is 1. The molecule has 4 rings (SSSR count). The van der Waals surface area contributed by atoms with Crippen molar-refractivity contribution in [3.05, 3.63) is 65.5 Å². The molecular formula is C25H30N4O3. The molecule has 0 N–H and O–H groups in total. The predicted molar refractivity (Wildman–Crippen MR) is 122 cm³/mol. The Bertz CT molecular complexity index is 1050. The summed E-state index contributed by atoms with van der Waals surface area (Å²) in [4.78, 5) is 21.4. The minimum atomic E-state index is -0.0794. The fourth-order valence-corrected chi connectivity index (χ4v) is 4.13. The smallest absolute Gasteiger partial charge is 0.254 e. The monoisotopic (exact) mass is 434 g/mol. The van der Waals surface area contributed by atoms with Crippen LogP contribution in [-0.2, 0) is 13.1 Å². The van der Waals surface area contributed by atoms with E-state index in [-0.39, 0.29) is 12.5 Å². The second-order valence-corrected chi connectivity index (χ2v) is 8.58. The van der Waals surface area contributed by atoms with Crippen LogP contribution in [0.4, 0.5) is 0 Å². The van der Waals surface area contributed by atoms with Gasteiger partial charge in [0.05, 0.1) is 13.7 Å². The van der Waals surface area contributed by atoms with Crippen LogP contribution in [-0.4, -0.2) is 53.1 Å². The van der Waals surface area contributed by atoms with Crippen LogP contribution in [0.5, 0.6) is 5.75 Å². The maximum atomic E-state index is 12.9. The van der Waals surface area contributed by atoms with E-state index in [0.717, 1.165) is 36.9 Å². The molecular weight excluding hydrogens is 404 g/mol. The van der Waals surface area contributed by atoms with E-state index >= 15 is 0 Å². The molecule has 1 aromatic heterocycles. The summed E-state index contributed by atoms with van der Waals surface area (Å²) in [7, 11) is 3.35. The molecule has 7 nitrogen and oxygen atoms in total. The number of aromatic nitrogens is 2.